The molecule has 1 unspecified atom stereocenters. The van der Waals surface area contributed by atoms with Crippen molar-refractivity contribution < 1.29 is 15.0 Å². The average Bonchev–Trinajstić information content (AvgIpc) is 2.74. The van der Waals surface area contributed by atoms with Crippen molar-refractivity contribution in [1.82, 2.24) is 14.9 Å². The van der Waals surface area contributed by atoms with Gasteiger partial charge in [0.15, 0.2) is 5.78 Å². The van der Waals surface area contributed by atoms with E-state index in [4.69, 9.17) is 0 Å². The van der Waals surface area contributed by atoms with Gasteiger partial charge in [0.1, 0.15) is 12.1 Å². The van der Waals surface area contributed by atoms with E-state index in [0.717, 1.165) is 42.4 Å². The third kappa shape index (κ3) is 5.36. The highest BCUT2D eigenvalue weighted by atomic mass is 16.3. The second kappa shape index (κ2) is 9.28. The Morgan fingerprint density at radius 2 is 1.94 bits per heavy atom. The van der Waals surface area contributed by atoms with Gasteiger partial charge in [0.05, 0.1) is 23.8 Å². The van der Waals surface area contributed by atoms with Crippen LogP contribution in [0.25, 0.3) is 10.9 Å². The summed E-state index contributed by atoms with van der Waals surface area (Å²) in [6, 6.07) is 6.47. The van der Waals surface area contributed by atoms with Crippen LogP contribution in [0.5, 0.6) is 0 Å². The van der Waals surface area contributed by atoms with Crippen molar-refractivity contribution in [3.8, 4) is 0 Å². The summed E-state index contributed by atoms with van der Waals surface area (Å²) in [5.74, 6) is 1.30. The van der Waals surface area contributed by atoms with Gasteiger partial charge in [-0.2, -0.15) is 0 Å². The van der Waals surface area contributed by atoms with Crippen molar-refractivity contribution in [2.45, 2.75) is 77.5 Å². The van der Waals surface area contributed by atoms with Crippen LogP contribution in [0.4, 0.5) is 5.82 Å². The lowest BCUT2D eigenvalue weighted by Crippen LogP contribution is -2.57. The topological polar surface area (TPSA) is 98.6 Å². The Labute approximate surface area is 196 Å². The summed E-state index contributed by atoms with van der Waals surface area (Å²) < 4.78 is 0. The van der Waals surface area contributed by atoms with Crippen LogP contribution in [0.15, 0.2) is 24.5 Å². The van der Waals surface area contributed by atoms with Crippen LogP contribution in [0.2, 0.25) is 0 Å². The SMILES string of the molecule is Cc1ccc2ncnc(NCC(=O)CC3CN(C4CCC(O)(C(O)C(C)(C)C)CC4)C3)c2c1. The third-order valence-electron chi connectivity index (χ3n) is 7.41. The molecule has 1 aromatic carbocycles. The van der Waals surface area contributed by atoms with Gasteiger partial charge in [0.25, 0.3) is 0 Å². The molecular formula is C26H38N4O3. The molecule has 1 aromatic heterocycles. The Bertz CT molecular complexity index is 989. The van der Waals surface area contributed by atoms with E-state index in [1.54, 1.807) is 0 Å². The molecule has 3 N–H and O–H groups in total. The van der Waals surface area contributed by atoms with E-state index >= 15 is 0 Å². The lowest BCUT2D eigenvalue weighted by Gasteiger charge is -2.50. The van der Waals surface area contributed by atoms with Crippen LogP contribution in [-0.4, -0.2) is 68.2 Å². The number of aliphatic hydroxyl groups is 2. The van der Waals surface area contributed by atoms with Gasteiger partial charge in [-0.25, -0.2) is 9.97 Å². The van der Waals surface area contributed by atoms with Crippen LogP contribution < -0.4 is 5.32 Å². The molecule has 7 nitrogen and oxygen atoms in total. The first kappa shape index (κ1) is 24.0. The summed E-state index contributed by atoms with van der Waals surface area (Å²) in [6.07, 6.45) is 4.44. The number of likely N-dealkylation sites (tertiary alicyclic amines) is 1. The quantitative estimate of drug-likeness (QED) is 0.590. The number of Topliss-reactive ketones (excluding diaryl/α,β-unsaturated/α-hetero) is 1. The Morgan fingerprint density at radius 1 is 1.24 bits per heavy atom. The summed E-state index contributed by atoms with van der Waals surface area (Å²) in [5, 5.41) is 25.7. The molecule has 4 rings (SSSR count). The standard InChI is InChI=1S/C26H38N4O3/c1-17-5-6-22-21(11-17)23(29-16-28-22)27-13-20(31)12-18-14-30(15-18)19-7-9-26(33,10-8-19)24(32)25(2,3)4/h5-6,11,16,18-19,24,32-33H,7-10,12-15H2,1-4H3,(H,27,28,29). The lowest BCUT2D eigenvalue weighted by atomic mass is 9.70. The van der Waals surface area contributed by atoms with Crippen LogP contribution in [0, 0.1) is 18.3 Å². The Kier molecular flexibility index (Phi) is 6.76. The molecule has 7 heteroatoms. The van der Waals surface area contributed by atoms with Gasteiger partial charge in [-0.1, -0.05) is 32.4 Å². The van der Waals surface area contributed by atoms with Gasteiger partial charge in [-0.3, -0.25) is 9.69 Å². The number of rotatable bonds is 7. The minimum absolute atomic E-state index is 0.199. The smallest absolute Gasteiger partial charge is 0.152 e. The van der Waals surface area contributed by atoms with E-state index in [1.165, 1.54) is 6.33 Å². The zero-order valence-electron chi connectivity index (χ0n) is 20.3. The second-order valence-electron chi connectivity index (χ2n) is 11.3. The fourth-order valence-corrected chi connectivity index (χ4v) is 5.47. The molecule has 2 aromatic rings. The number of hydrogen-bond acceptors (Lipinski definition) is 7. The normalized spacial score (nSPS) is 25.6. The molecule has 2 heterocycles. The number of fused-ring (bicyclic) bond motifs is 1. The van der Waals surface area contributed by atoms with Crippen LogP contribution in [-0.2, 0) is 4.79 Å². The Morgan fingerprint density at radius 3 is 2.61 bits per heavy atom. The molecule has 0 bridgehead atoms. The van der Waals surface area contributed by atoms with Gasteiger partial charge in [0, 0.05) is 30.9 Å². The molecule has 180 valence electrons. The molecule has 2 fully saturated rings. The molecule has 0 amide bonds. The number of carbonyl (C=O) groups is 1. The lowest BCUT2D eigenvalue weighted by molar-refractivity contribution is -0.148. The molecule has 0 spiro atoms. The molecule has 1 aliphatic heterocycles. The number of nitrogens with one attached hydrogen (secondary N) is 1. The van der Waals surface area contributed by atoms with Gasteiger partial charge in [0.2, 0.25) is 0 Å². The molecule has 1 saturated carbocycles. The van der Waals surface area contributed by atoms with E-state index in [0.29, 0.717) is 37.0 Å². The fraction of sp³-hybridized carbons (Fsp3) is 0.654. The molecular weight excluding hydrogens is 416 g/mol. The predicted molar refractivity (Wildman–Crippen MR) is 130 cm³/mol. The van der Waals surface area contributed by atoms with Crippen LogP contribution >= 0.6 is 0 Å². The minimum Gasteiger partial charge on any atom is -0.390 e. The molecule has 2 aliphatic rings. The largest absolute Gasteiger partial charge is 0.390 e. The zero-order valence-corrected chi connectivity index (χ0v) is 20.3. The van der Waals surface area contributed by atoms with Crippen LogP contribution in [0.3, 0.4) is 0 Å². The van der Waals surface area contributed by atoms with E-state index in [2.05, 4.69) is 20.2 Å². The average molecular weight is 455 g/mol. The first-order chi connectivity index (χ1) is 15.5. The van der Waals surface area contributed by atoms with Crippen molar-refractivity contribution in [3.63, 3.8) is 0 Å². The maximum Gasteiger partial charge on any atom is 0.152 e. The van der Waals surface area contributed by atoms with Crippen LogP contribution in [0.1, 0.15) is 58.4 Å². The number of ketones is 1. The summed E-state index contributed by atoms with van der Waals surface area (Å²) in [7, 11) is 0. The van der Waals surface area contributed by atoms with Gasteiger partial charge >= 0.3 is 0 Å². The van der Waals surface area contributed by atoms with Gasteiger partial charge < -0.3 is 15.5 Å². The number of benzene rings is 1. The monoisotopic (exact) mass is 454 g/mol. The molecule has 1 atom stereocenters. The van der Waals surface area contributed by atoms with E-state index < -0.39 is 11.7 Å². The predicted octanol–water partition coefficient (Wildman–Crippen LogP) is 3.32. The highest BCUT2D eigenvalue weighted by Gasteiger charge is 2.46. The van der Waals surface area contributed by atoms with Crippen molar-refractivity contribution in [1.29, 1.82) is 0 Å². The molecule has 1 saturated heterocycles. The first-order valence-electron chi connectivity index (χ1n) is 12.2. The third-order valence-corrected chi connectivity index (χ3v) is 7.41. The van der Waals surface area contributed by atoms with E-state index in [1.807, 2.05) is 45.9 Å². The highest BCUT2D eigenvalue weighted by Crippen LogP contribution is 2.40. The van der Waals surface area contributed by atoms with E-state index in [9.17, 15) is 15.0 Å². The maximum absolute atomic E-state index is 12.6. The molecule has 33 heavy (non-hydrogen) atoms. The van der Waals surface area contributed by atoms with Gasteiger partial charge in [-0.15, -0.1) is 0 Å². The highest BCUT2D eigenvalue weighted by molar-refractivity contribution is 5.91. The Hall–Kier alpha value is -2.09. The number of aliphatic hydroxyl groups excluding tert-OH is 1. The second-order valence-corrected chi connectivity index (χ2v) is 11.3. The van der Waals surface area contributed by atoms with Gasteiger partial charge in [-0.05, 0) is 56.1 Å². The summed E-state index contributed by atoms with van der Waals surface area (Å²) in [5.41, 5.74) is 0.698. The maximum atomic E-state index is 12.6. The summed E-state index contributed by atoms with van der Waals surface area (Å²) in [4.78, 5) is 23.6. The number of aryl methyl sites for hydroxylation is 1. The van der Waals surface area contributed by atoms with Crippen molar-refractivity contribution in [2.24, 2.45) is 11.3 Å². The van der Waals surface area contributed by atoms with E-state index in [-0.39, 0.29) is 17.7 Å². The Balaban J connectivity index is 1.21. The number of nitrogens with zero attached hydrogens (tertiary/aromatic N) is 3. The first-order valence-corrected chi connectivity index (χ1v) is 12.2. The minimum atomic E-state index is -0.982. The van der Waals surface area contributed by atoms with Crippen molar-refractivity contribution in [2.75, 3.05) is 25.0 Å². The fourth-order valence-electron chi connectivity index (χ4n) is 5.47. The van der Waals surface area contributed by atoms with Crippen molar-refractivity contribution >= 4 is 22.5 Å². The molecule has 1 aliphatic carbocycles. The number of aromatic nitrogens is 2. The summed E-state index contributed by atoms with van der Waals surface area (Å²) >= 11 is 0. The summed E-state index contributed by atoms with van der Waals surface area (Å²) in [6.45, 7) is 10.1. The number of anilines is 1. The zero-order chi connectivity index (χ0) is 23.8. The molecule has 0 radical (unpaired) electrons. The van der Waals surface area contributed by atoms with Crippen molar-refractivity contribution in [3.05, 3.63) is 30.1 Å². The number of carbonyl (C=O) groups excluding carboxylic acids is 1. The number of hydrogen-bond donors (Lipinski definition) is 3.